The van der Waals surface area contributed by atoms with Crippen molar-refractivity contribution in [3.05, 3.63) is 41.2 Å². The molecule has 2 aromatic rings. The lowest BCUT2D eigenvalue weighted by atomic mass is 10.2. The molecule has 1 fully saturated rings. The fraction of sp³-hybridized carbons (Fsp3) is 0.438. The van der Waals surface area contributed by atoms with Crippen molar-refractivity contribution in [1.29, 1.82) is 0 Å². The van der Waals surface area contributed by atoms with Crippen molar-refractivity contribution in [3.8, 4) is 0 Å². The highest BCUT2D eigenvalue weighted by molar-refractivity contribution is 6.30. The molecule has 0 N–H and O–H groups in total. The smallest absolute Gasteiger partial charge is 0.358 e. The predicted octanol–water partition coefficient (Wildman–Crippen LogP) is 1.96. The first-order chi connectivity index (χ1) is 11.7. The van der Waals surface area contributed by atoms with Gasteiger partial charge in [-0.2, -0.15) is 0 Å². The Morgan fingerprint density at radius 3 is 2.68 bits per heavy atom. The van der Waals surface area contributed by atoms with Gasteiger partial charge in [-0.15, -0.1) is 17.5 Å². The van der Waals surface area contributed by atoms with Crippen molar-refractivity contribution < 1.29 is 9.53 Å². The van der Waals surface area contributed by atoms with E-state index in [-0.39, 0.29) is 12.4 Å². The first kappa shape index (κ1) is 19.5. The number of methoxy groups -OCH3 is 1. The topological polar surface area (TPSA) is 63.5 Å². The summed E-state index contributed by atoms with van der Waals surface area (Å²) in [6, 6.07) is 7.94. The number of aromatic nitrogens is 3. The second-order valence-corrected chi connectivity index (χ2v) is 6.08. The van der Waals surface area contributed by atoms with E-state index in [0.717, 1.165) is 43.4 Å². The van der Waals surface area contributed by atoms with Crippen LogP contribution in [0.1, 0.15) is 10.5 Å². The van der Waals surface area contributed by atoms with Crippen LogP contribution in [0, 0.1) is 0 Å². The summed E-state index contributed by atoms with van der Waals surface area (Å²) in [5.41, 5.74) is 1.54. The Morgan fingerprint density at radius 1 is 1.24 bits per heavy atom. The normalized spacial score (nSPS) is 14.9. The number of halogens is 2. The molecule has 0 amide bonds. The molecular formula is C16H21Cl2N5O2. The molecule has 7 nitrogen and oxygen atoms in total. The number of carbonyl (C=O) groups is 1. The molecule has 1 aromatic heterocycles. The number of benzene rings is 1. The molecular weight excluding hydrogens is 365 g/mol. The lowest BCUT2D eigenvalue weighted by Gasteiger charge is -2.36. The summed E-state index contributed by atoms with van der Waals surface area (Å²) >= 11 is 6.06. The predicted molar refractivity (Wildman–Crippen MR) is 98.7 cm³/mol. The minimum atomic E-state index is -0.411. The van der Waals surface area contributed by atoms with E-state index in [1.807, 2.05) is 18.2 Å². The molecule has 9 heteroatoms. The SMILES string of the molecule is COC(=O)c1cnnn1CCN1CCN(c2cccc(Cl)c2)CC1.Cl. The number of hydrogen-bond donors (Lipinski definition) is 0. The van der Waals surface area contributed by atoms with E-state index < -0.39 is 5.97 Å². The zero-order chi connectivity index (χ0) is 16.9. The Labute approximate surface area is 157 Å². The zero-order valence-corrected chi connectivity index (χ0v) is 15.5. The highest BCUT2D eigenvalue weighted by Gasteiger charge is 2.19. The van der Waals surface area contributed by atoms with Gasteiger partial charge in [0, 0.05) is 43.4 Å². The average molecular weight is 386 g/mol. The summed E-state index contributed by atoms with van der Waals surface area (Å²) in [5, 5.41) is 8.50. The molecule has 0 spiro atoms. The van der Waals surface area contributed by atoms with E-state index >= 15 is 0 Å². The van der Waals surface area contributed by atoms with Gasteiger partial charge in [-0.25, -0.2) is 9.48 Å². The van der Waals surface area contributed by atoms with Gasteiger partial charge in [0.05, 0.1) is 19.9 Å². The third-order valence-corrected chi connectivity index (χ3v) is 4.42. The van der Waals surface area contributed by atoms with Gasteiger partial charge in [-0.1, -0.05) is 22.9 Å². The van der Waals surface area contributed by atoms with Crippen LogP contribution in [-0.2, 0) is 11.3 Å². The minimum Gasteiger partial charge on any atom is -0.464 e. The first-order valence-corrected chi connectivity index (χ1v) is 8.25. The number of carbonyl (C=O) groups excluding carboxylic acids is 1. The lowest BCUT2D eigenvalue weighted by Crippen LogP contribution is -2.47. The molecule has 2 heterocycles. The number of ether oxygens (including phenoxy) is 1. The summed E-state index contributed by atoms with van der Waals surface area (Å²) < 4.78 is 6.32. The number of rotatable bonds is 5. The number of hydrogen-bond acceptors (Lipinski definition) is 6. The van der Waals surface area contributed by atoms with Crippen LogP contribution in [0.15, 0.2) is 30.5 Å². The van der Waals surface area contributed by atoms with Crippen molar-refractivity contribution in [2.24, 2.45) is 0 Å². The van der Waals surface area contributed by atoms with Crippen LogP contribution in [-0.4, -0.2) is 65.7 Å². The molecule has 25 heavy (non-hydrogen) atoms. The molecule has 0 saturated carbocycles. The Balaban J connectivity index is 0.00000225. The second kappa shape index (κ2) is 9.03. The number of esters is 1. The molecule has 0 bridgehead atoms. The zero-order valence-electron chi connectivity index (χ0n) is 14.0. The van der Waals surface area contributed by atoms with Crippen molar-refractivity contribution in [2.45, 2.75) is 6.54 Å². The van der Waals surface area contributed by atoms with E-state index in [4.69, 9.17) is 16.3 Å². The van der Waals surface area contributed by atoms with Crippen molar-refractivity contribution in [3.63, 3.8) is 0 Å². The van der Waals surface area contributed by atoms with Crippen LogP contribution in [0.2, 0.25) is 5.02 Å². The fourth-order valence-corrected chi connectivity index (χ4v) is 3.01. The maximum absolute atomic E-state index is 11.6. The first-order valence-electron chi connectivity index (χ1n) is 7.87. The maximum atomic E-state index is 11.6. The van der Waals surface area contributed by atoms with E-state index in [0.29, 0.717) is 12.2 Å². The van der Waals surface area contributed by atoms with E-state index in [1.165, 1.54) is 13.3 Å². The number of anilines is 1. The van der Waals surface area contributed by atoms with Gasteiger partial charge in [-0.3, -0.25) is 4.90 Å². The third-order valence-electron chi connectivity index (χ3n) is 4.19. The second-order valence-electron chi connectivity index (χ2n) is 5.64. The van der Waals surface area contributed by atoms with Crippen LogP contribution < -0.4 is 4.90 Å². The Morgan fingerprint density at radius 2 is 2.00 bits per heavy atom. The number of piperazine rings is 1. The minimum absolute atomic E-state index is 0. The van der Waals surface area contributed by atoms with E-state index in [1.54, 1.807) is 4.68 Å². The Kier molecular flexibility index (Phi) is 7.04. The molecule has 0 radical (unpaired) electrons. The van der Waals surface area contributed by atoms with Gasteiger partial charge in [0.25, 0.3) is 0 Å². The number of nitrogens with zero attached hydrogens (tertiary/aromatic N) is 5. The van der Waals surface area contributed by atoms with Crippen LogP contribution in [0.4, 0.5) is 5.69 Å². The van der Waals surface area contributed by atoms with Crippen molar-refractivity contribution >= 4 is 35.7 Å². The monoisotopic (exact) mass is 385 g/mol. The van der Waals surface area contributed by atoms with Gasteiger partial charge >= 0.3 is 5.97 Å². The van der Waals surface area contributed by atoms with Gasteiger partial charge in [0.15, 0.2) is 5.69 Å². The highest BCUT2D eigenvalue weighted by Crippen LogP contribution is 2.20. The van der Waals surface area contributed by atoms with Gasteiger partial charge < -0.3 is 9.64 Å². The lowest BCUT2D eigenvalue weighted by molar-refractivity contribution is 0.0585. The highest BCUT2D eigenvalue weighted by atomic mass is 35.5. The molecule has 0 atom stereocenters. The van der Waals surface area contributed by atoms with Crippen molar-refractivity contribution in [1.82, 2.24) is 19.9 Å². The standard InChI is InChI=1S/C16H20ClN5O2.ClH/c1-24-16(23)15-12-18-19-22(15)10-7-20-5-8-21(9-6-20)14-4-2-3-13(17)11-14;/h2-4,11-12H,5-10H2,1H3;1H. The summed E-state index contributed by atoms with van der Waals surface area (Å²) in [4.78, 5) is 16.3. The van der Waals surface area contributed by atoms with Crippen LogP contribution in [0.25, 0.3) is 0 Å². The quantitative estimate of drug-likeness (QED) is 0.733. The molecule has 1 aliphatic heterocycles. The average Bonchev–Trinajstić information content (AvgIpc) is 3.08. The molecule has 3 rings (SSSR count). The van der Waals surface area contributed by atoms with Gasteiger partial charge in [0.1, 0.15) is 0 Å². The molecule has 136 valence electrons. The molecule has 0 aliphatic carbocycles. The Bertz CT molecular complexity index is 701. The summed E-state index contributed by atoms with van der Waals surface area (Å²) in [7, 11) is 1.36. The van der Waals surface area contributed by atoms with Crippen LogP contribution >= 0.6 is 24.0 Å². The van der Waals surface area contributed by atoms with E-state index in [2.05, 4.69) is 26.2 Å². The van der Waals surface area contributed by atoms with E-state index in [9.17, 15) is 4.79 Å². The summed E-state index contributed by atoms with van der Waals surface area (Å²) in [6.45, 7) is 5.23. The van der Waals surface area contributed by atoms with Crippen molar-refractivity contribution in [2.75, 3.05) is 44.7 Å². The molecule has 1 aliphatic rings. The van der Waals surface area contributed by atoms with Crippen LogP contribution in [0.5, 0.6) is 0 Å². The largest absolute Gasteiger partial charge is 0.464 e. The summed E-state index contributed by atoms with van der Waals surface area (Å²) in [6.07, 6.45) is 1.43. The van der Waals surface area contributed by atoms with Gasteiger partial charge in [0.2, 0.25) is 0 Å². The molecule has 1 saturated heterocycles. The fourth-order valence-electron chi connectivity index (χ4n) is 2.82. The molecule has 0 unspecified atom stereocenters. The Hall–Kier alpha value is -1.83. The molecule has 1 aromatic carbocycles. The van der Waals surface area contributed by atoms with Gasteiger partial charge in [-0.05, 0) is 18.2 Å². The van der Waals surface area contributed by atoms with Crippen LogP contribution in [0.3, 0.4) is 0 Å². The summed E-state index contributed by atoms with van der Waals surface area (Å²) in [5.74, 6) is -0.411. The third kappa shape index (κ3) is 4.84. The maximum Gasteiger partial charge on any atom is 0.358 e.